The van der Waals surface area contributed by atoms with Gasteiger partial charge in [0.2, 0.25) is 11.8 Å². The summed E-state index contributed by atoms with van der Waals surface area (Å²) < 4.78 is 30.8. The van der Waals surface area contributed by atoms with Crippen LogP contribution in [-0.4, -0.2) is 88.5 Å². The van der Waals surface area contributed by atoms with Crippen LogP contribution in [0.4, 0.5) is 4.39 Å². The normalized spacial score (nSPS) is 18.1. The van der Waals surface area contributed by atoms with Gasteiger partial charge in [-0.1, -0.05) is 17.7 Å². The van der Waals surface area contributed by atoms with Crippen LogP contribution >= 0.6 is 11.6 Å². The molecule has 0 bridgehead atoms. The molecular formula is C36H40ClFN6O3. The zero-order valence-electron chi connectivity index (χ0n) is 27.3. The summed E-state index contributed by atoms with van der Waals surface area (Å²) in [6.45, 7) is 7.12. The zero-order chi connectivity index (χ0) is 32.8. The molecule has 2 saturated heterocycles. The van der Waals surface area contributed by atoms with E-state index in [0.717, 1.165) is 65.2 Å². The number of H-pyrrole nitrogens is 1. The van der Waals surface area contributed by atoms with Crippen LogP contribution in [0.15, 0.2) is 42.7 Å². The number of amides is 1. The average molecular weight is 659 g/mol. The third-order valence-corrected chi connectivity index (χ3v) is 10.4. The molecular weight excluding hydrogens is 619 g/mol. The molecule has 11 heteroatoms. The number of carbonyl (C=O) groups excluding carboxylic acids is 1. The number of fused-ring (bicyclic) bond motifs is 4. The lowest BCUT2D eigenvalue weighted by Crippen LogP contribution is -2.38. The SMILES string of the molecule is COC/C=C/C(=O)N1CCC(n2ccc3c(OCC4CCCN4C)nc4c(F)c(-c5c(C)c(C)cc6[nH]ncc56)c(Cl)cc4c32)CC1. The molecule has 0 aliphatic carbocycles. The van der Waals surface area contributed by atoms with E-state index >= 15 is 4.39 Å². The number of rotatable bonds is 8. The first-order valence-corrected chi connectivity index (χ1v) is 16.7. The fourth-order valence-electron chi connectivity index (χ4n) is 7.34. The molecule has 0 saturated carbocycles. The van der Waals surface area contributed by atoms with Crippen molar-refractivity contribution >= 4 is 50.2 Å². The first kappa shape index (κ1) is 31.6. The van der Waals surface area contributed by atoms with E-state index in [9.17, 15) is 4.79 Å². The average Bonchev–Trinajstić information content (AvgIpc) is 3.82. The zero-order valence-corrected chi connectivity index (χ0v) is 28.0. The van der Waals surface area contributed by atoms with Gasteiger partial charge in [-0.3, -0.25) is 9.89 Å². The highest BCUT2D eigenvalue weighted by atomic mass is 35.5. The lowest BCUT2D eigenvalue weighted by Gasteiger charge is -2.32. The second-order valence-electron chi connectivity index (χ2n) is 12.9. The van der Waals surface area contributed by atoms with Crippen LogP contribution in [0.2, 0.25) is 5.02 Å². The molecule has 0 spiro atoms. The number of hydrogen-bond donors (Lipinski definition) is 1. The number of aryl methyl sites for hydroxylation is 1. The van der Waals surface area contributed by atoms with Gasteiger partial charge in [-0.2, -0.15) is 5.10 Å². The van der Waals surface area contributed by atoms with Crippen molar-refractivity contribution in [3.05, 3.63) is 64.7 Å². The summed E-state index contributed by atoms with van der Waals surface area (Å²) in [7, 11) is 3.71. The number of aromatic amines is 1. The van der Waals surface area contributed by atoms with Gasteiger partial charge in [0, 0.05) is 66.5 Å². The van der Waals surface area contributed by atoms with Gasteiger partial charge in [0.1, 0.15) is 12.1 Å². The number of nitrogens with zero attached hydrogens (tertiary/aromatic N) is 5. The molecule has 1 amide bonds. The Morgan fingerprint density at radius 3 is 2.68 bits per heavy atom. The third-order valence-electron chi connectivity index (χ3n) is 10.1. The maximum absolute atomic E-state index is 17.1. The number of hydrogen-bond acceptors (Lipinski definition) is 6. The topological polar surface area (TPSA) is 88.5 Å². The van der Waals surface area contributed by atoms with Gasteiger partial charge in [-0.15, -0.1) is 0 Å². The van der Waals surface area contributed by atoms with E-state index in [-0.39, 0.29) is 23.5 Å². The summed E-state index contributed by atoms with van der Waals surface area (Å²) in [5, 5.41) is 9.84. The number of methoxy groups -OCH3 is 1. The Hall–Kier alpha value is -3.99. The monoisotopic (exact) mass is 658 g/mol. The molecule has 1 N–H and O–H groups in total. The molecule has 2 fully saturated rings. The standard InChI is InChI=1S/C36H40ClFN6O3/c1-21-17-29-27(19-39-41-29)31(22(21)2)32-28(37)18-26-34(33(32)38)40-36(47-20-24-7-5-12-42(24)3)25-11-15-44(35(25)26)23-9-13-43(14-10-23)30(45)8-6-16-46-4/h6,8,11,15,17-19,23-24H,5,7,9-10,12-14,16,20H2,1-4H3,(H,39,41)/b8-6+. The molecule has 7 rings (SSSR count). The number of pyridine rings is 1. The summed E-state index contributed by atoms with van der Waals surface area (Å²) in [6, 6.07) is 6.26. The van der Waals surface area contributed by atoms with Gasteiger partial charge in [0.15, 0.2) is 5.82 Å². The number of likely N-dealkylation sites (tertiary alicyclic amines) is 2. The maximum atomic E-state index is 17.1. The van der Waals surface area contributed by atoms with Gasteiger partial charge < -0.3 is 23.8 Å². The second-order valence-corrected chi connectivity index (χ2v) is 13.3. The van der Waals surface area contributed by atoms with Gasteiger partial charge in [0.05, 0.1) is 34.2 Å². The Labute approximate surface area is 278 Å². The van der Waals surface area contributed by atoms with Crippen molar-refractivity contribution in [2.45, 2.75) is 51.6 Å². The predicted octanol–water partition coefficient (Wildman–Crippen LogP) is 6.98. The summed E-state index contributed by atoms with van der Waals surface area (Å²) >= 11 is 7.05. The van der Waals surface area contributed by atoms with E-state index in [0.29, 0.717) is 53.7 Å². The Bertz CT molecular complexity index is 2010. The van der Waals surface area contributed by atoms with Crippen LogP contribution < -0.4 is 4.74 Å². The van der Waals surface area contributed by atoms with Crippen molar-refractivity contribution in [2.24, 2.45) is 0 Å². The molecule has 5 heterocycles. The second kappa shape index (κ2) is 12.9. The summed E-state index contributed by atoms with van der Waals surface area (Å²) in [4.78, 5) is 21.8. The van der Waals surface area contributed by atoms with Gasteiger partial charge in [-0.05, 0) is 82.4 Å². The van der Waals surface area contributed by atoms with Crippen molar-refractivity contribution in [1.29, 1.82) is 0 Å². The molecule has 1 unspecified atom stereocenters. The molecule has 5 aromatic rings. The number of carbonyl (C=O) groups is 1. The summed E-state index contributed by atoms with van der Waals surface area (Å²) in [5.41, 5.74) is 4.85. The molecule has 0 radical (unpaired) electrons. The van der Waals surface area contributed by atoms with Gasteiger partial charge in [-0.25, -0.2) is 9.37 Å². The fourth-order valence-corrected chi connectivity index (χ4v) is 7.63. The van der Waals surface area contributed by atoms with Crippen LogP contribution in [0.25, 0.3) is 43.8 Å². The summed E-state index contributed by atoms with van der Waals surface area (Å²) in [6.07, 6.45) is 10.8. The Balaban J connectivity index is 1.35. The van der Waals surface area contributed by atoms with Crippen LogP contribution in [0, 0.1) is 19.7 Å². The fraction of sp³-hybridized carbons (Fsp3) is 0.417. The van der Waals surface area contributed by atoms with Crippen molar-refractivity contribution < 1.29 is 18.7 Å². The Morgan fingerprint density at radius 1 is 1.13 bits per heavy atom. The van der Waals surface area contributed by atoms with E-state index in [2.05, 4.69) is 26.7 Å². The molecule has 2 aromatic carbocycles. The van der Waals surface area contributed by atoms with E-state index in [4.69, 9.17) is 26.1 Å². The highest BCUT2D eigenvalue weighted by Crippen LogP contribution is 2.44. The van der Waals surface area contributed by atoms with Crippen molar-refractivity contribution in [3.8, 4) is 17.0 Å². The molecule has 2 aliphatic heterocycles. The lowest BCUT2D eigenvalue weighted by molar-refractivity contribution is -0.127. The Kier molecular flexibility index (Phi) is 8.67. The molecule has 3 aromatic heterocycles. The lowest BCUT2D eigenvalue weighted by atomic mass is 9.92. The van der Waals surface area contributed by atoms with Crippen LogP contribution in [0.5, 0.6) is 5.88 Å². The number of piperidine rings is 1. The number of halogens is 2. The largest absolute Gasteiger partial charge is 0.476 e. The number of benzene rings is 2. The highest BCUT2D eigenvalue weighted by Gasteiger charge is 2.29. The molecule has 9 nitrogen and oxygen atoms in total. The minimum atomic E-state index is -0.482. The maximum Gasteiger partial charge on any atom is 0.246 e. The Morgan fingerprint density at radius 2 is 1.94 bits per heavy atom. The smallest absolute Gasteiger partial charge is 0.246 e. The number of ether oxygens (including phenoxy) is 2. The quantitative estimate of drug-likeness (QED) is 0.181. The van der Waals surface area contributed by atoms with E-state index < -0.39 is 5.82 Å². The molecule has 2 aliphatic rings. The first-order valence-electron chi connectivity index (χ1n) is 16.3. The van der Waals surface area contributed by atoms with Crippen molar-refractivity contribution in [2.75, 3.05) is 47.0 Å². The van der Waals surface area contributed by atoms with E-state index in [1.165, 1.54) is 0 Å². The van der Waals surface area contributed by atoms with Crippen LogP contribution in [0.1, 0.15) is 42.9 Å². The van der Waals surface area contributed by atoms with Crippen LogP contribution in [0.3, 0.4) is 0 Å². The third kappa shape index (κ3) is 5.66. The number of nitrogens with one attached hydrogen (secondary N) is 1. The number of likely N-dealkylation sites (N-methyl/N-ethyl adjacent to an activating group) is 1. The molecule has 1 atom stereocenters. The van der Waals surface area contributed by atoms with E-state index in [1.807, 2.05) is 43.1 Å². The number of aromatic nitrogens is 4. The first-order chi connectivity index (χ1) is 22.8. The minimum Gasteiger partial charge on any atom is -0.476 e. The molecule has 246 valence electrons. The van der Waals surface area contributed by atoms with Crippen molar-refractivity contribution in [1.82, 2.24) is 29.5 Å². The van der Waals surface area contributed by atoms with Crippen molar-refractivity contribution in [3.63, 3.8) is 0 Å². The van der Waals surface area contributed by atoms with E-state index in [1.54, 1.807) is 25.5 Å². The predicted molar refractivity (Wildman–Crippen MR) is 184 cm³/mol. The van der Waals surface area contributed by atoms with Crippen LogP contribution in [-0.2, 0) is 9.53 Å². The van der Waals surface area contributed by atoms with Gasteiger partial charge in [0.25, 0.3) is 0 Å². The minimum absolute atomic E-state index is 0.0142. The summed E-state index contributed by atoms with van der Waals surface area (Å²) in [5.74, 6) is -0.0758. The highest BCUT2D eigenvalue weighted by molar-refractivity contribution is 6.35. The van der Waals surface area contributed by atoms with Gasteiger partial charge >= 0.3 is 0 Å². The molecule has 47 heavy (non-hydrogen) atoms.